The SMILES string of the molecule is Cn1nc(CN2CCC3(CCC3)S(=O)(=O)CC2)cc1Cl. The largest absolute Gasteiger partial charge is 0.296 e. The average Bonchev–Trinajstić information content (AvgIpc) is 2.54. The molecule has 112 valence electrons. The molecule has 1 aromatic heterocycles. The lowest BCUT2D eigenvalue weighted by atomic mass is 9.81. The van der Waals surface area contributed by atoms with Gasteiger partial charge in [-0.25, -0.2) is 8.42 Å². The molecule has 1 saturated carbocycles. The first-order valence-electron chi connectivity index (χ1n) is 7.05. The van der Waals surface area contributed by atoms with Crippen LogP contribution in [0, 0.1) is 0 Å². The molecule has 0 atom stereocenters. The lowest BCUT2D eigenvalue weighted by molar-refractivity contribution is 0.240. The topological polar surface area (TPSA) is 55.2 Å². The minimum absolute atomic E-state index is 0.271. The first-order chi connectivity index (χ1) is 9.42. The van der Waals surface area contributed by atoms with Crippen molar-refractivity contribution in [2.75, 3.05) is 18.8 Å². The first kappa shape index (κ1) is 14.4. The van der Waals surface area contributed by atoms with E-state index in [2.05, 4.69) is 10.00 Å². The van der Waals surface area contributed by atoms with Crippen molar-refractivity contribution in [3.63, 3.8) is 0 Å². The summed E-state index contributed by atoms with van der Waals surface area (Å²) in [6.45, 7) is 2.10. The van der Waals surface area contributed by atoms with Gasteiger partial charge < -0.3 is 0 Å². The number of rotatable bonds is 2. The van der Waals surface area contributed by atoms with Gasteiger partial charge in [-0.15, -0.1) is 0 Å². The van der Waals surface area contributed by atoms with Crippen LogP contribution in [0.1, 0.15) is 31.4 Å². The van der Waals surface area contributed by atoms with Gasteiger partial charge in [-0.2, -0.15) is 5.10 Å². The lowest BCUT2D eigenvalue weighted by Crippen LogP contribution is -2.46. The Morgan fingerprint density at radius 3 is 2.65 bits per heavy atom. The predicted octanol–water partition coefficient (Wildman–Crippen LogP) is 1.62. The minimum atomic E-state index is -2.94. The fraction of sp³-hybridized carbons (Fsp3) is 0.769. The van der Waals surface area contributed by atoms with Crippen LogP contribution in [0.2, 0.25) is 5.15 Å². The summed E-state index contributed by atoms with van der Waals surface area (Å²) in [4.78, 5) is 2.18. The highest BCUT2D eigenvalue weighted by Gasteiger charge is 2.49. The van der Waals surface area contributed by atoms with Gasteiger partial charge in [0.2, 0.25) is 0 Å². The minimum Gasteiger partial charge on any atom is -0.296 e. The predicted molar refractivity (Wildman–Crippen MR) is 78.5 cm³/mol. The molecule has 0 bridgehead atoms. The smallest absolute Gasteiger partial charge is 0.157 e. The van der Waals surface area contributed by atoms with E-state index in [1.165, 1.54) is 0 Å². The van der Waals surface area contributed by atoms with Crippen molar-refractivity contribution in [3.05, 3.63) is 16.9 Å². The summed E-state index contributed by atoms with van der Waals surface area (Å²) in [5.41, 5.74) is 0.902. The van der Waals surface area contributed by atoms with E-state index < -0.39 is 14.6 Å². The Morgan fingerprint density at radius 2 is 2.10 bits per heavy atom. The van der Waals surface area contributed by atoms with Crippen molar-refractivity contribution in [1.82, 2.24) is 14.7 Å². The molecular weight excluding hydrogens is 298 g/mol. The molecule has 0 amide bonds. The van der Waals surface area contributed by atoms with Crippen LogP contribution in [-0.2, 0) is 23.4 Å². The van der Waals surface area contributed by atoms with Gasteiger partial charge in [-0.1, -0.05) is 18.0 Å². The van der Waals surface area contributed by atoms with Crippen molar-refractivity contribution >= 4 is 21.4 Å². The molecule has 1 saturated heterocycles. The Balaban J connectivity index is 1.71. The molecule has 20 heavy (non-hydrogen) atoms. The molecule has 1 spiro atoms. The van der Waals surface area contributed by atoms with Gasteiger partial charge in [0.05, 0.1) is 16.2 Å². The van der Waals surface area contributed by atoms with Gasteiger partial charge in [0.25, 0.3) is 0 Å². The second-order valence-electron chi connectivity index (χ2n) is 5.96. The molecule has 2 heterocycles. The number of halogens is 1. The Bertz CT molecular complexity index is 588. The Hall–Kier alpha value is -0.590. The van der Waals surface area contributed by atoms with Crippen LogP contribution in [0.4, 0.5) is 0 Å². The van der Waals surface area contributed by atoms with Crippen LogP contribution in [0.3, 0.4) is 0 Å². The van der Waals surface area contributed by atoms with E-state index >= 15 is 0 Å². The second-order valence-corrected chi connectivity index (χ2v) is 8.85. The van der Waals surface area contributed by atoms with E-state index in [4.69, 9.17) is 11.6 Å². The van der Waals surface area contributed by atoms with Crippen LogP contribution in [0.5, 0.6) is 0 Å². The van der Waals surface area contributed by atoms with E-state index in [1.54, 1.807) is 4.68 Å². The molecule has 0 N–H and O–H groups in total. The molecule has 5 nitrogen and oxygen atoms in total. The van der Waals surface area contributed by atoms with Crippen molar-refractivity contribution < 1.29 is 8.42 Å². The zero-order chi connectivity index (χ0) is 14.4. The number of aromatic nitrogens is 2. The van der Waals surface area contributed by atoms with Crippen molar-refractivity contribution in [2.45, 2.75) is 37.0 Å². The Kier molecular flexibility index (Phi) is 3.59. The maximum Gasteiger partial charge on any atom is 0.157 e. The monoisotopic (exact) mass is 317 g/mol. The van der Waals surface area contributed by atoms with Gasteiger partial charge >= 0.3 is 0 Å². The fourth-order valence-corrected chi connectivity index (χ4v) is 5.60. The van der Waals surface area contributed by atoms with Gasteiger partial charge in [0.15, 0.2) is 9.84 Å². The number of hydrogen-bond acceptors (Lipinski definition) is 4. The number of aryl methyl sites for hydroxylation is 1. The average molecular weight is 318 g/mol. The second kappa shape index (κ2) is 5.00. The summed E-state index contributed by atoms with van der Waals surface area (Å²) in [5, 5.41) is 4.94. The molecule has 1 aliphatic heterocycles. The number of hydrogen-bond donors (Lipinski definition) is 0. The van der Waals surface area contributed by atoms with Crippen LogP contribution in [-0.4, -0.2) is 46.7 Å². The summed E-state index contributed by atoms with van der Waals surface area (Å²) in [6.07, 6.45) is 3.50. The van der Waals surface area contributed by atoms with Crippen molar-refractivity contribution in [3.8, 4) is 0 Å². The van der Waals surface area contributed by atoms with Gasteiger partial charge in [0.1, 0.15) is 5.15 Å². The summed E-state index contributed by atoms with van der Waals surface area (Å²) in [7, 11) is -1.14. The van der Waals surface area contributed by atoms with Crippen molar-refractivity contribution in [1.29, 1.82) is 0 Å². The molecular formula is C13H20ClN3O2S. The van der Waals surface area contributed by atoms with Gasteiger partial charge in [-0.3, -0.25) is 9.58 Å². The Labute approximate surface area is 124 Å². The molecule has 7 heteroatoms. The Morgan fingerprint density at radius 1 is 1.35 bits per heavy atom. The molecule has 1 aromatic rings. The van der Waals surface area contributed by atoms with Crippen LogP contribution < -0.4 is 0 Å². The summed E-state index contributed by atoms with van der Waals surface area (Å²) in [5.74, 6) is 0.271. The third kappa shape index (κ3) is 2.38. The molecule has 0 unspecified atom stereocenters. The van der Waals surface area contributed by atoms with E-state index in [-0.39, 0.29) is 5.75 Å². The van der Waals surface area contributed by atoms with E-state index in [9.17, 15) is 8.42 Å². The third-order valence-corrected chi connectivity index (χ3v) is 7.75. The maximum atomic E-state index is 12.4. The van der Waals surface area contributed by atoms with Crippen LogP contribution in [0.25, 0.3) is 0 Å². The quantitative estimate of drug-likeness (QED) is 0.831. The summed E-state index contributed by atoms with van der Waals surface area (Å²) < 4.78 is 26.0. The van der Waals surface area contributed by atoms with E-state index in [0.717, 1.165) is 37.9 Å². The lowest BCUT2D eigenvalue weighted by Gasteiger charge is -2.40. The van der Waals surface area contributed by atoms with Gasteiger partial charge in [0, 0.05) is 26.7 Å². The zero-order valence-corrected chi connectivity index (χ0v) is 13.3. The van der Waals surface area contributed by atoms with Crippen LogP contribution in [0.15, 0.2) is 6.07 Å². The van der Waals surface area contributed by atoms with E-state index in [0.29, 0.717) is 18.2 Å². The third-order valence-electron chi connectivity index (χ3n) is 4.74. The van der Waals surface area contributed by atoms with Crippen LogP contribution >= 0.6 is 11.6 Å². The standard InChI is InChI=1S/C13H20ClN3O2S/c1-16-12(14)9-11(15-16)10-17-6-5-13(3-2-4-13)20(18,19)8-7-17/h9H,2-8,10H2,1H3. The molecule has 0 aromatic carbocycles. The molecule has 2 aliphatic rings. The zero-order valence-electron chi connectivity index (χ0n) is 11.7. The molecule has 1 aliphatic carbocycles. The summed E-state index contributed by atoms with van der Waals surface area (Å²) in [6, 6.07) is 1.85. The first-order valence-corrected chi connectivity index (χ1v) is 9.08. The normalized spacial score (nSPS) is 25.3. The van der Waals surface area contributed by atoms with Crippen molar-refractivity contribution in [2.24, 2.45) is 7.05 Å². The van der Waals surface area contributed by atoms with E-state index in [1.807, 2.05) is 13.1 Å². The fourth-order valence-electron chi connectivity index (χ4n) is 3.19. The molecule has 2 fully saturated rings. The highest BCUT2D eigenvalue weighted by Crippen LogP contribution is 2.43. The molecule has 0 radical (unpaired) electrons. The summed E-state index contributed by atoms with van der Waals surface area (Å²) >= 11 is 5.99. The highest BCUT2D eigenvalue weighted by molar-refractivity contribution is 7.92. The molecule has 3 rings (SSSR count). The number of sulfone groups is 1. The van der Waals surface area contributed by atoms with Gasteiger partial charge in [-0.05, 0) is 25.3 Å². The highest BCUT2D eigenvalue weighted by atomic mass is 35.5. The maximum absolute atomic E-state index is 12.4. The number of nitrogens with zero attached hydrogens (tertiary/aromatic N) is 3.